The molecule has 0 saturated carbocycles. The second kappa shape index (κ2) is 8.32. The summed E-state index contributed by atoms with van der Waals surface area (Å²) in [4.78, 5) is 14.0. The summed E-state index contributed by atoms with van der Waals surface area (Å²) in [6, 6.07) is 11.4. The summed E-state index contributed by atoms with van der Waals surface area (Å²) >= 11 is 0. The summed E-state index contributed by atoms with van der Waals surface area (Å²) in [5, 5.41) is 0. The number of hydrogen-bond acceptors (Lipinski definition) is 4. The number of halogens is 2. The lowest BCUT2D eigenvalue weighted by atomic mass is 10.1. The lowest BCUT2D eigenvalue weighted by molar-refractivity contribution is -0.0512. The number of benzene rings is 2. The maximum Gasteiger partial charge on any atom is 0.387 e. The number of hydrogen-bond donors (Lipinski definition) is 0. The van der Waals surface area contributed by atoms with Crippen molar-refractivity contribution in [3.8, 4) is 17.2 Å². The van der Waals surface area contributed by atoms with Crippen molar-refractivity contribution in [2.24, 2.45) is 0 Å². The molecule has 0 aliphatic carbocycles. The van der Waals surface area contributed by atoms with Gasteiger partial charge >= 0.3 is 6.61 Å². The van der Waals surface area contributed by atoms with Gasteiger partial charge < -0.3 is 19.1 Å². The van der Waals surface area contributed by atoms with Crippen molar-refractivity contribution < 1.29 is 27.8 Å². The van der Waals surface area contributed by atoms with Crippen LogP contribution >= 0.6 is 0 Å². The van der Waals surface area contributed by atoms with Crippen molar-refractivity contribution in [1.82, 2.24) is 4.90 Å². The van der Waals surface area contributed by atoms with Gasteiger partial charge in [0.25, 0.3) is 5.91 Å². The van der Waals surface area contributed by atoms with Crippen LogP contribution in [0.3, 0.4) is 0 Å². The number of alkyl halides is 2. The Morgan fingerprint density at radius 2 is 1.84 bits per heavy atom. The molecule has 0 atom stereocenters. The molecule has 0 saturated heterocycles. The zero-order valence-corrected chi connectivity index (χ0v) is 14.2. The molecule has 0 radical (unpaired) electrons. The van der Waals surface area contributed by atoms with E-state index >= 15 is 0 Å². The van der Waals surface area contributed by atoms with E-state index in [9.17, 15) is 13.6 Å². The van der Waals surface area contributed by atoms with Crippen molar-refractivity contribution in [2.75, 3.05) is 21.3 Å². The minimum absolute atomic E-state index is 0.0720. The molecule has 0 spiro atoms. The zero-order valence-electron chi connectivity index (χ0n) is 14.2. The lowest BCUT2D eigenvalue weighted by Gasteiger charge is -2.19. The number of nitrogens with zero attached hydrogens (tertiary/aromatic N) is 1. The first kappa shape index (κ1) is 18.5. The molecule has 2 aromatic rings. The molecule has 0 unspecified atom stereocenters. The van der Waals surface area contributed by atoms with Gasteiger partial charge in [-0.25, -0.2) is 0 Å². The van der Waals surface area contributed by atoms with E-state index in [1.54, 1.807) is 37.4 Å². The van der Waals surface area contributed by atoms with Crippen molar-refractivity contribution in [1.29, 1.82) is 0 Å². The third kappa shape index (κ3) is 4.82. The molecule has 2 aromatic carbocycles. The third-order valence-electron chi connectivity index (χ3n) is 3.53. The fourth-order valence-corrected chi connectivity index (χ4v) is 2.33. The van der Waals surface area contributed by atoms with Gasteiger partial charge in [0.15, 0.2) is 11.5 Å². The first-order chi connectivity index (χ1) is 11.9. The molecule has 0 aromatic heterocycles. The highest BCUT2D eigenvalue weighted by Crippen LogP contribution is 2.30. The molecular formula is C18H19F2NO4. The van der Waals surface area contributed by atoms with Crippen LogP contribution in [0.1, 0.15) is 15.9 Å². The van der Waals surface area contributed by atoms with Gasteiger partial charge in [-0.05, 0) is 35.9 Å². The Labute approximate surface area is 144 Å². The lowest BCUT2D eigenvalue weighted by Crippen LogP contribution is -2.26. The third-order valence-corrected chi connectivity index (χ3v) is 3.53. The average molecular weight is 351 g/mol. The highest BCUT2D eigenvalue weighted by atomic mass is 19.3. The predicted molar refractivity (Wildman–Crippen MR) is 88.4 cm³/mol. The standard InChI is InChI=1S/C18H19F2NO4/c1-21(17(22)13-5-4-6-14(10-13)23-2)11-12-7-8-15(24-3)16(9-12)25-18(19)20/h4-10,18H,11H2,1-3H3. The van der Waals surface area contributed by atoms with E-state index in [1.165, 1.54) is 31.3 Å². The molecule has 134 valence electrons. The van der Waals surface area contributed by atoms with Crippen LogP contribution in [0.25, 0.3) is 0 Å². The number of carbonyl (C=O) groups is 1. The van der Waals surface area contributed by atoms with Crippen LogP contribution < -0.4 is 14.2 Å². The highest BCUT2D eigenvalue weighted by molar-refractivity contribution is 5.94. The molecule has 0 bridgehead atoms. The Hall–Kier alpha value is -2.83. The van der Waals surface area contributed by atoms with Crippen LogP contribution in [-0.2, 0) is 6.54 Å². The Morgan fingerprint density at radius 3 is 2.48 bits per heavy atom. The van der Waals surface area contributed by atoms with E-state index in [4.69, 9.17) is 9.47 Å². The summed E-state index contributed by atoms with van der Waals surface area (Å²) in [5.74, 6) is 0.491. The van der Waals surface area contributed by atoms with Crippen molar-refractivity contribution >= 4 is 5.91 Å². The minimum atomic E-state index is -2.96. The molecule has 7 heteroatoms. The van der Waals surface area contributed by atoms with Gasteiger partial charge in [-0.15, -0.1) is 0 Å². The number of ether oxygens (including phenoxy) is 3. The van der Waals surface area contributed by atoms with Crippen LogP contribution in [0.15, 0.2) is 42.5 Å². The summed E-state index contributed by atoms with van der Waals surface area (Å²) in [5.41, 5.74) is 1.11. The van der Waals surface area contributed by atoms with Crippen LogP contribution in [0.2, 0.25) is 0 Å². The van der Waals surface area contributed by atoms with E-state index in [-0.39, 0.29) is 24.0 Å². The largest absolute Gasteiger partial charge is 0.497 e. The Morgan fingerprint density at radius 1 is 1.08 bits per heavy atom. The quantitative estimate of drug-likeness (QED) is 0.765. The summed E-state index contributed by atoms with van der Waals surface area (Å²) in [6.45, 7) is -2.74. The van der Waals surface area contributed by atoms with Crippen molar-refractivity contribution in [3.63, 3.8) is 0 Å². The molecule has 0 aliphatic heterocycles. The molecular weight excluding hydrogens is 332 g/mol. The van der Waals surface area contributed by atoms with Crippen LogP contribution in [0, 0.1) is 0 Å². The van der Waals surface area contributed by atoms with Crippen molar-refractivity contribution in [3.05, 3.63) is 53.6 Å². The molecule has 0 N–H and O–H groups in total. The maximum atomic E-state index is 12.5. The average Bonchev–Trinajstić information content (AvgIpc) is 2.60. The topological polar surface area (TPSA) is 48.0 Å². The Bertz CT molecular complexity index is 737. The first-order valence-electron chi connectivity index (χ1n) is 7.46. The van der Waals surface area contributed by atoms with E-state index in [0.717, 1.165) is 0 Å². The van der Waals surface area contributed by atoms with Gasteiger partial charge in [0.1, 0.15) is 5.75 Å². The molecule has 2 rings (SSSR count). The van der Waals surface area contributed by atoms with Crippen LogP contribution in [0.5, 0.6) is 17.2 Å². The van der Waals surface area contributed by atoms with Crippen LogP contribution in [-0.4, -0.2) is 38.7 Å². The normalized spacial score (nSPS) is 10.5. The van der Waals surface area contributed by atoms with E-state index in [2.05, 4.69) is 4.74 Å². The fraction of sp³-hybridized carbons (Fsp3) is 0.278. The first-order valence-corrected chi connectivity index (χ1v) is 7.46. The number of methoxy groups -OCH3 is 2. The van der Waals surface area contributed by atoms with Gasteiger partial charge in [0.2, 0.25) is 0 Å². The van der Waals surface area contributed by atoms with Gasteiger partial charge in [0, 0.05) is 19.2 Å². The fourth-order valence-electron chi connectivity index (χ4n) is 2.33. The second-order valence-electron chi connectivity index (χ2n) is 5.26. The SMILES string of the molecule is COc1cccc(C(=O)N(C)Cc2ccc(OC)c(OC(F)F)c2)c1. The predicted octanol–water partition coefficient (Wildman–Crippen LogP) is 3.58. The van der Waals surface area contributed by atoms with E-state index < -0.39 is 6.61 Å². The monoisotopic (exact) mass is 351 g/mol. The van der Waals surface area contributed by atoms with Crippen molar-refractivity contribution in [2.45, 2.75) is 13.2 Å². The zero-order chi connectivity index (χ0) is 18.4. The van der Waals surface area contributed by atoms with Gasteiger partial charge in [0.05, 0.1) is 14.2 Å². The number of rotatable bonds is 7. The van der Waals surface area contributed by atoms with Gasteiger partial charge in [-0.1, -0.05) is 12.1 Å². The Kier molecular flexibility index (Phi) is 6.16. The smallest absolute Gasteiger partial charge is 0.387 e. The number of amides is 1. The Balaban J connectivity index is 2.16. The maximum absolute atomic E-state index is 12.5. The molecule has 1 amide bonds. The molecule has 0 heterocycles. The molecule has 5 nitrogen and oxygen atoms in total. The van der Waals surface area contributed by atoms with Gasteiger partial charge in [-0.3, -0.25) is 4.79 Å². The summed E-state index contributed by atoms with van der Waals surface area (Å²) < 4.78 is 39.6. The highest BCUT2D eigenvalue weighted by Gasteiger charge is 2.15. The summed E-state index contributed by atoms with van der Waals surface area (Å²) in [7, 11) is 4.51. The van der Waals surface area contributed by atoms with E-state index in [0.29, 0.717) is 16.9 Å². The minimum Gasteiger partial charge on any atom is -0.497 e. The second-order valence-corrected chi connectivity index (χ2v) is 5.26. The number of carbonyl (C=O) groups excluding carboxylic acids is 1. The van der Waals surface area contributed by atoms with Gasteiger partial charge in [-0.2, -0.15) is 8.78 Å². The summed E-state index contributed by atoms with van der Waals surface area (Å²) in [6.07, 6.45) is 0. The van der Waals surface area contributed by atoms with Crippen LogP contribution in [0.4, 0.5) is 8.78 Å². The van der Waals surface area contributed by atoms with E-state index in [1.807, 2.05) is 0 Å². The molecule has 0 fully saturated rings. The molecule has 0 aliphatic rings. The molecule has 25 heavy (non-hydrogen) atoms.